The first-order valence-corrected chi connectivity index (χ1v) is 7.36. The summed E-state index contributed by atoms with van der Waals surface area (Å²) in [5.41, 5.74) is 0.388. The molecule has 1 N–H and O–H groups in total. The Balaban J connectivity index is 3.58. The second-order valence-corrected chi connectivity index (χ2v) is 6.11. The highest BCUT2D eigenvalue weighted by Crippen LogP contribution is 2.23. The van der Waals surface area contributed by atoms with Crippen LogP contribution in [0.25, 0.3) is 0 Å². The standard InChI is InChI=1S/C16H33N/c1-6-8-9-10-11-12-13-14-15(17-7-2)16(3,4)5/h6,15,17H,1,7-14H2,2-5H3. The maximum absolute atomic E-state index is 3.76. The molecule has 0 fully saturated rings. The van der Waals surface area contributed by atoms with Crippen LogP contribution in [0.2, 0.25) is 0 Å². The minimum atomic E-state index is 0.388. The molecule has 0 aliphatic carbocycles. The molecule has 17 heavy (non-hydrogen) atoms. The van der Waals surface area contributed by atoms with E-state index < -0.39 is 0 Å². The molecular formula is C16H33N. The van der Waals surface area contributed by atoms with Gasteiger partial charge in [-0.15, -0.1) is 6.58 Å². The van der Waals surface area contributed by atoms with Crippen LogP contribution in [-0.4, -0.2) is 12.6 Å². The molecule has 0 aromatic heterocycles. The van der Waals surface area contributed by atoms with Gasteiger partial charge >= 0.3 is 0 Å². The minimum absolute atomic E-state index is 0.388. The average Bonchev–Trinajstić information content (AvgIpc) is 2.25. The van der Waals surface area contributed by atoms with Gasteiger partial charge in [0, 0.05) is 6.04 Å². The lowest BCUT2D eigenvalue weighted by Crippen LogP contribution is -2.40. The fraction of sp³-hybridized carbons (Fsp3) is 0.875. The van der Waals surface area contributed by atoms with Gasteiger partial charge in [-0.05, 0) is 31.2 Å². The maximum atomic E-state index is 3.76. The molecule has 0 aromatic carbocycles. The molecule has 0 aromatic rings. The lowest BCUT2D eigenvalue weighted by atomic mass is 9.83. The maximum Gasteiger partial charge on any atom is 0.0115 e. The van der Waals surface area contributed by atoms with Gasteiger partial charge in [0.2, 0.25) is 0 Å². The van der Waals surface area contributed by atoms with Crippen molar-refractivity contribution in [1.82, 2.24) is 5.32 Å². The van der Waals surface area contributed by atoms with Crippen LogP contribution in [0.5, 0.6) is 0 Å². The van der Waals surface area contributed by atoms with Crippen molar-refractivity contribution in [3.8, 4) is 0 Å². The zero-order valence-corrected chi connectivity index (χ0v) is 12.5. The zero-order valence-electron chi connectivity index (χ0n) is 12.5. The van der Waals surface area contributed by atoms with Crippen molar-refractivity contribution < 1.29 is 0 Å². The molecule has 0 heterocycles. The highest BCUT2D eigenvalue weighted by Gasteiger charge is 2.22. The summed E-state index contributed by atoms with van der Waals surface area (Å²) in [5, 5.41) is 3.62. The second-order valence-electron chi connectivity index (χ2n) is 6.11. The van der Waals surface area contributed by atoms with E-state index in [-0.39, 0.29) is 0 Å². The van der Waals surface area contributed by atoms with E-state index in [1.165, 1.54) is 44.9 Å². The Morgan fingerprint density at radius 2 is 1.65 bits per heavy atom. The summed E-state index contributed by atoms with van der Waals surface area (Å²) >= 11 is 0. The van der Waals surface area contributed by atoms with E-state index in [4.69, 9.17) is 0 Å². The number of hydrogen-bond donors (Lipinski definition) is 1. The second kappa shape index (κ2) is 9.70. The van der Waals surface area contributed by atoms with Gasteiger partial charge in [-0.25, -0.2) is 0 Å². The van der Waals surface area contributed by atoms with Gasteiger partial charge in [0.25, 0.3) is 0 Å². The number of rotatable bonds is 10. The molecule has 0 spiro atoms. The molecule has 0 saturated carbocycles. The quantitative estimate of drug-likeness (QED) is 0.421. The lowest BCUT2D eigenvalue weighted by Gasteiger charge is -2.31. The highest BCUT2D eigenvalue weighted by molar-refractivity contribution is 4.79. The summed E-state index contributed by atoms with van der Waals surface area (Å²) in [7, 11) is 0. The summed E-state index contributed by atoms with van der Waals surface area (Å²) in [6, 6.07) is 0.667. The van der Waals surface area contributed by atoms with Crippen LogP contribution < -0.4 is 5.32 Å². The van der Waals surface area contributed by atoms with Gasteiger partial charge in [-0.3, -0.25) is 0 Å². The molecule has 0 saturated heterocycles. The van der Waals surface area contributed by atoms with Crippen molar-refractivity contribution in [2.45, 2.75) is 78.7 Å². The minimum Gasteiger partial charge on any atom is -0.314 e. The predicted octanol–water partition coefficient (Wildman–Crippen LogP) is 4.93. The van der Waals surface area contributed by atoms with Crippen molar-refractivity contribution in [2.24, 2.45) is 5.41 Å². The molecule has 1 heteroatoms. The third kappa shape index (κ3) is 9.41. The molecule has 0 radical (unpaired) electrons. The first-order chi connectivity index (χ1) is 8.02. The van der Waals surface area contributed by atoms with Crippen LogP contribution in [0.3, 0.4) is 0 Å². The Morgan fingerprint density at radius 3 is 2.18 bits per heavy atom. The van der Waals surface area contributed by atoms with E-state index in [1.54, 1.807) is 0 Å². The largest absolute Gasteiger partial charge is 0.314 e. The molecule has 1 atom stereocenters. The van der Waals surface area contributed by atoms with Crippen LogP contribution in [0.4, 0.5) is 0 Å². The third-order valence-electron chi connectivity index (χ3n) is 3.40. The van der Waals surface area contributed by atoms with E-state index in [1.807, 2.05) is 6.08 Å². The van der Waals surface area contributed by atoms with E-state index in [2.05, 4.69) is 39.6 Å². The summed E-state index contributed by atoms with van der Waals surface area (Å²) in [4.78, 5) is 0. The molecule has 1 unspecified atom stereocenters. The molecule has 0 amide bonds. The normalized spacial score (nSPS) is 13.6. The number of allylic oxidation sites excluding steroid dienone is 1. The lowest BCUT2D eigenvalue weighted by molar-refractivity contribution is 0.252. The van der Waals surface area contributed by atoms with Crippen LogP contribution in [0.1, 0.15) is 72.6 Å². The molecule has 0 aliphatic heterocycles. The number of nitrogens with one attached hydrogen (secondary N) is 1. The van der Waals surface area contributed by atoms with Gasteiger partial charge < -0.3 is 5.32 Å². The first-order valence-electron chi connectivity index (χ1n) is 7.36. The van der Waals surface area contributed by atoms with Gasteiger partial charge in [-0.2, -0.15) is 0 Å². The van der Waals surface area contributed by atoms with Crippen molar-refractivity contribution in [3.05, 3.63) is 12.7 Å². The molecule has 1 nitrogen and oxygen atoms in total. The third-order valence-corrected chi connectivity index (χ3v) is 3.40. The SMILES string of the molecule is C=CCCCCCCCC(NCC)C(C)(C)C. The van der Waals surface area contributed by atoms with Crippen molar-refractivity contribution >= 4 is 0 Å². The van der Waals surface area contributed by atoms with Crippen LogP contribution in [0.15, 0.2) is 12.7 Å². The first kappa shape index (κ1) is 16.7. The average molecular weight is 239 g/mol. The van der Waals surface area contributed by atoms with Crippen molar-refractivity contribution in [3.63, 3.8) is 0 Å². The Bertz CT molecular complexity index is 178. The van der Waals surface area contributed by atoms with Crippen molar-refractivity contribution in [2.75, 3.05) is 6.54 Å². The fourth-order valence-corrected chi connectivity index (χ4v) is 2.26. The van der Waals surface area contributed by atoms with Crippen LogP contribution in [-0.2, 0) is 0 Å². The van der Waals surface area contributed by atoms with Gasteiger partial charge in [0.05, 0.1) is 0 Å². The van der Waals surface area contributed by atoms with E-state index in [9.17, 15) is 0 Å². The molecule has 0 aliphatic rings. The summed E-state index contributed by atoms with van der Waals surface area (Å²) < 4.78 is 0. The predicted molar refractivity (Wildman–Crippen MR) is 79.4 cm³/mol. The molecular weight excluding hydrogens is 206 g/mol. The highest BCUT2D eigenvalue weighted by atomic mass is 14.9. The monoisotopic (exact) mass is 239 g/mol. The summed E-state index contributed by atoms with van der Waals surface area (Å²) in [5.74, 6) is 0. The van der Waals surface area contributed by atoms with E-state index in [0.717, 1.165) is 6.54 Å². The smallest absolute Gasteiger partial charge is 0.0115 e. The Kier molecular flexibility index (Phi) is 9.53. The Morgan fingerprint density at radius 1 is 1.06 bits per heavy atom. The Labute approximate surface area is 109 Å². The number of unbranched alkanes of at least 4 members (excludes halogenated alkanes) is 5. The molecule has 102 valence electrons. The molecule has 0 bridgehead atoms. The summed E-state index contributed by atoms with van der Waals surface area (Å²) in [6.07, 6.45) is 11.4. The van der Waals surface area contributed by atoms with Gasteiger partial charge in [0.15, 0.2) is 0 Å². The van der Waals surface area contributed by atoms with Gasteiger partial charge in [-0.1, -0.05) is 59.5 Å². The van der Waals surface area contributed by atoms with E-state index >= 15 is 0 Å². The fourth-order valence-electron chi connectivity index (χ4n) is 2.26. The van der Waals surface area contributed by atoms with Crippen LogP contribution >= 0.6 is 0 Å². The Hall–Kier alpha value is -0.300. The van der Waals surface area contributed by atoms with Gasteiger partial charge in [0.1, 0.15) is 0 Å². The van der Waals surface area contributed by atoms with E-state index in [0.29, 0.717) is 11.5 Å². The zero-order chi connectivity index (χ0) is 13.1. The number of hydrogen-bond acceptors (Lipinski definition) is 1. The van der Waals surface area contributed by atoms with Crippen LogP contribution in [0, 0.1) is 5.41 Å². The molecule has 0 rings (SSSR count). The topological polar surface area (TPSA) is 12.0 Å². The summed E-state index contributed by atoms with van der Waals surface area (Å²) in [6.45, 7) is 14.1. The van der Waals surface area contributed by atoms with Crippen molar-refractivity contribution in [1.29, 1.82) is 0 Å².